The summed E-state index contributed by atoms with van der Waals surface area (Å²) in [6, 6.07) is 1.54. The summed E-state index contributed by atoms with van der Waals surface area (Å²) in [4.78, 5) is 27.4. The van der Waals surface area contributed by atoms with E-state index >= 15 is 0 Å². The van der Waals surface area contributed by atoms with Gasteiger partial charge in [-0.1, -0.05) is 11.6 Å². The topological polar surface area (TPSA) is 73.4 Å². The van der Waals surface area contributed by atoms with Crippen molar-refractivity contribution < 1.29 is 14.7 Å². The van der Waals surface area contributed by atoms with Gasteiger partial charge >= 0.3 is 5.97 Å². The number of aromatic nitrogens is 1. The van der Waals surface area contributed by atoms with Crippen LogP contribution in [-0.2, 0) is 4.79 Å². The van der Waals surface area contributed by atoms with E-state index in [0.29, 0.717) is 23.7 Å². The van der Waals surface area contributed by atoms with E-state index in [9.17, 15) is 9.59 Å². The highest BCUT2D eigenvalue weighted by Crippen LogP contribution is 2.31. The van der Waals surface area contributed by atoms with E-state index in [0.717, 1.165) is 0 Å². The number of nitrogens with zero attached hydrogens (tertiary/aromatic N) is 1. The first-order valence-electron chi connectivity index (χ1n) is 5.29. The minimum atomic E-state index is -0.864. The molecule has 2 N–H and O–H groups in total. The van der Waals surface area contributed by atoms with Crippen molar-refractivity contribution >= 4 is 23.5 Å². The summed E-state index contributed by atoms with van der Waals surface area (Å²) in [6.45, 7) is 2.35. The Morgan fingerprint density at radius 3 is 2.76 bits per heavy atom. The number of aliphatic carboxylic acids is 1. The van der Waals surface area contributed by atoms with Crippen LogP contribution < -0.4 is 0 Å². The average molecular weight is 257 g/mol. The van der Waals surface area contributed by atoms with Crippen LogP contribution in [0, 0.1) is 5.41 Å². The minimum Gasteiger partial charge on any atom is -0.481 e. The molecule has 1 aliphatic rings. The number of carbonyl (C=O) groups is 2. The van der Waals surface area contributed by atoms with Crippen LogP contribution in [0.15, 0.2) is 12.3 Å². The maximum atomic E-state index is 12.0. The summed E-state index contributed by atoms with van der Waals surface area (Å²) in [6.07, 6.45) is 2.00. The lowest BCUT2D eigenvalue weighted by molar-refractivity contribution is -0.147. The van der Waals surface area contributed by atoms with Gasteiger partial charge in [-0.15, -0.1) is 0 Å². The molecular weight excluding hydrogens is 244 g/mol. The number of hydrogen-bond donors (Lipinski definition) is 2. The van der Waals surface area contributed by atoms with Crippen molar-refractivity contribution in [2.24, 2.45) is 5.41 Å². The van der Waals surface area contributed by atoms with Crippen LogP contribution in [0.25, 0.3) is 0 Å². The van der Waals surface area contributed by atoms with Crippen molar-refractivity contribution in [3.8, 4) is 0 Å². The number of carboxylic acids is 1. The molecule has 0 saturated carbocycles. The second-order valence-corrected chi connectivity index (χ2v) is 5.01. The lowest BCUT2D eigenvalue weighted by Crippen LogP contribution is -2.35. The molecule has 1 aliphatic heterocycles. The fraction of sp³-hybridized carbons (Fsp3) is 0.455. The highest BCUT2D eigenvalue weighted by Gasteiger charge is 2.42. The lowest BCUT2D eigenvalue weighted by atomic mass is 9.90. The van der Waals surface area contributed by atoms with Crippen LogP contribution in [0.2, 0.25) is 5.02 Å². The molecule has 2 rings (SSSR count). The van der Waals surface area contributed by atoms with E-state index in [1.807, 2.05) is 0 Å². The molecule has 1 aromatic rings. The number of amides is 1. The molecule has 1 saturated heterocycles. The number of aromatic amines is 1. The van der Waals surface area contributed by atoms with Crippen LogP contribution in [0.4, 0.5) is 0 Å². The number of H-pyrrole nitrogens is 1. The third kappa shape index (κ3) is 2.15. The van der Waals surface area contributed by atoms with E-state index in [2.05, 4.69) is 4.98 Å². The largest absolute Gasteiger partial charge is 0.481 e. The Labute approximate surface area is 103 Å². The molecule has 0 radical (unpaired) electrons. The van der Waals surface area contributed by atoms with Gasteiger partial charge < -0.3 is 15.0 Å². The Morgan fingerprint density at radius 2 is 2.29 bits per heavy atom. The molecule has 2 heterocycles. The molecule has 0 aliphatic carbocycles. The highest BCUT2D eigenvalue weighted by atomic mass is 35.5. The Morgan fingerprint density at radius 1 is 1.59 bits per heavy atom. The summed E-state index contributed by atoms with van der Waals surface area (Å²) in [5.41, 5.74) is -0.448. The van der Waals surface area contributed by atoms with E-state index in [-0.39, 0.29) is 12.5 Å². The fourth-order valence-corrected chi connectivity index (χ4v) is 2.13. The molecule has 1 amide bonds. The first kappa shape index (κ1) is 12.0. The van der Waals surface area contributed by atoms with Gasteiger partial charge in [0.1, 0.15) is 5.69 Å². The first-order chi connectivity index (χ1) is 7.92. The third-order valence-electron chi connectivity index (χ3n) is 3.16. The fourth-order valence-electron chi connectivity index (χ4n) is 1.97. The number of hydrogen-bond acceptors (Lipinski definition) is 2. The summed E-state index contributed by atoms with van der Waals surface area (Å²) in [5, 5.41) is 9.55. The summed E-state index contributed by atoms with van der Waals surface area (Å²) < 4.78 is 0. The van der Waals surface area contributed by atoms with Crippen LogP contribution in [-0.4, -0.2) is 40.0 Å². The zero-order valence-electron chi connectivity index (χ0n) is 9.36. The maximum Gasteiger partial charge on any atom is 0.311 e. The molecule has 5 nitrogen and oxygen atoms in total. The van der Waals surface area contributed by atoms with Gasteiger partial charge in [0.25, 0.3) is 5.91 Å². The van der Waals surface area contributed by atoms with Crippen molar-refractivity contribution in [3.63, 3.8) is 0 Å². The number of carboxylic acid groups (broad SMARTS) is 1. The van der Waals surface area contributed by atoms with Gasteiger partial charge in [0.15, 0.2) is 0 Å². The molecule has 0 bridgehead atoms. The zero-order valence-corrected chi connectivity index (χ0v) is 10.1. The lowest BCUT2D eigenvalue weighted by Gasteiger charge is -2.19. The van der Waals surface area contributed by atoms with E-state index in [1.54, 1.807) is 13.0 Å². The Kier molecular flexibility index (Phi) is 2.87. The molecule has 92 valence electrons. The Hall–Kier alpha value is -1.49. The third-order valence-corrected chi connectivity index (χ3v) is 3.37. The van der Waals surface area contributed by atoms with Crippen molar-refractivity contribution in [2.75, 3.05) is 13.1 Å². The van der Waals surface area contributed by atoms with Crippen LogP contribution in [0.1, 0.15) is 23.8 Å². The first-order valence-corrected chi connectivity index (χ1v) is 5.67. The summed E-state index contributed by atoms with van der Waals surface area (Å²) in [5.74, 6) is -1.07. The van der Waals surface area contributed by atoms with Gasteiger partial charge in [0.05, 0.1) is 10.4 Å². The van der Waals surface area contributed by atoms with Crippen molar-refractivity contribution in [3.05, 3.63) is 23.0 Å². The second-order valence-electron chi connectivity index (χ2n) is 4.57. The monoisotopic (exact) mass is 256 g/mol. The Balaban J connectivity index is 2.11. The quantitative estimate of drug-likeness (QED) is 0.844. The smallest absolute Gasteiger partial charge is 0.311 e. The highest BCUT2D eigenvalue weighted by molar-refractivity contribution is 6.30. The number of halogens is 1. The molecule has 17 heavy (non-hydrogen) atoms. The SMILES string of the molecule is CC1(C(=O)O)CCN(C(=O)c2cc(Cl)c[nH]2)C1. The number of nitrogens with one attached hydrogen (secondary N) is 1. The zero-order chi connectivity index (χ0) is 12.6. The molecule has 1 fully saturated rings. The molecule has 1 unspecified atom stereocenters. The predicted octanol–water partition coefficient (Wildman–Crippen LogP) is 1.60. The standard InChI is InChI=1S/C11H13ClN2O3/c1-11(10(16)17)2-3-14(6-11)9(15)8-4-7(12)5-13-8/h4-5,13H,2-3,6H2,1H3,(H,16,17). The number of carbonyl (C=O) groups excluding carboxylic acids is 1. The minimum absolute atomic E-state index is 0.207. The molecule has 0 spiro atoms. The van der Waals surface area contributed by atoms with Crippen LogP contribution in [0.5, 0.6) is 0 Å². The van der Waals surface area contributed by atoms with E-state index in [1.165, 1.54) is 11.1 Å². The van der Waals surface area contributed by atoms with Gasteiger partial charge in [0.2, 0.25) is 0 Å². The predicted molar refractivity (Wildman–Crippen MR) is 62.1 cm³/mol. The van der Waals surface area contributed by atoms with Gasteiger partial charge in [-0.3, -0.25) is 9.59 Å². The summed E-state index contributed by atoms with van der Waals surface area (Å²) >= 11 is 5.72. The van der Waals surface area contributed by atoms with Crippen molar-refractivity contribution in [1.29, 1.82) is 0 Å². The number of likely N-dealkylation sites (tertiary alicyclic amines) is 1. The van der Waals surface area contributed by atoms with Gasteiger partial charge in [-0.2, -0.15) is 0 Å². The maximum absolute atomic E-state index is 12.0. The number of rotatable bonds is 2. The second kappa shape index (κ2) is 4.07. The summed E-state index contributed by atoms with van der Waals surface area (Å²) in [7, 11) is 0. The van der Waals surface area contributed by atoms with Crippen molar-refractivity contribution in [1.82, 2.24) is 9.88 Å². The van der Waals surface area contributed by atoms with E-state index in [4.69, 9.17) is 16.7 Å². The van der Waals surface area contributed by atoms with Crippen molar-refractivity contribution in [2.45, 2.75) is 13.3 Å². The van der Waals surface area contributed by atoms with E-state index < -0.39 is 11.4 Å². The molecule has 1 aromatic heterocycles. The van der Waals surface area contributed by atoms with Gasteiger partial charge in [0, 0.05) is 19.3 Å². The average Bonchev–Trinajstić information content (AvgIpc) is 2.85. The van der Waals surface area contributed by atoms with Crippen LogP contribution >= 0.6 is 11.6 Å². The van der Waals surface area contributed by atoms with Gasteiger partial charge in [-0.05, 0) is 19.4 Å². The Bertz CT molecular complexity index is 471. The van der Waals surface area contributed by atoms with Gasteiger partial charge in [-0.25, -0.2) is 0 Å². The normalized spacial score (nSPS) is 24.0. The molecular formula is C11H13ClN2O3. The van der Waals surface area contributed by atoms with Crippen LogP contribution in [0.3, 0.4) is 0 Å². The molecule has 0 aromatic carbocycles. The molecule has 6 heteroatoms. The molecule has 1 atom stereocenters.